The van der Waals surface area contributed by atoms with Crippen LogP contribution in [0.4, 0.5) is 4.79 Å². The Morgan fingerprint density at radius 3 is 1.91 bits per heavy atom. The SMILES string of the molecule is COP(=O)(OC)C1C(=O)OC(c2ccccc2)C(c2ccccc2)N1C(=O)OCc1ccccc1. The van der Waals surface area contributed by atoms with E-state index in [1.165, 1.54) is 0 Å². The van der Waals surface area contributed by atoms with Gasteiger partial charge in [-0.2, -0.15) is 0 Å². The highest BCUT2D eigenvalue weighted by molar-refractivity contribution is 7.55. The summed E-state index contributed by atoms with van der Waals surface area (Å²) in [5.74, 6) is -2.57. The second-order valence-corrected chi connectivity index (χ2v) is 10.1. The van der Waals surface area contributed by atoms with Crippen molar-refractivity contribution >= 4 is 19.7 Å². The van der Waals surface area contributed by atoms with Crippen molar-refractivity contribution in [3.63, 3.8) is 0 Å². The lowest BCUT2D eigenvalue weighted by molar-refractivity contribution is -0.168. The number of carbonyl (C=O) groups excluding carboxylic acids is 2. The van der Waals surface area contributed by atoms with Gasteiger partial charge >= 0.3 is 19.7 Å². The van der Waals surface area contributed by atoms with Crippen molar-refractivity contribution in [1.29, 1.82) is 0 Å². The van der Waals surface area contributed by atoms with E-state index >= 15 is 0 Å². The van der Waals surface area contributed by atoms with Crippen molar-refractivity contribution in [2.75, 3.05) is 14.2 Å². The molecule has 3 aromatic rings. The third-order valence-electron chi connectivity index (χ3n) is 5.80. The molecule has 0 radical (unpaired) electrons. The van der Waals surface area contributed by atoms with Crippen LogP contribution in [0.15, 0.2) is 91.0 Å². The average Bonchev–Trinajstić information content (AvgIpc) is 2.92. The van der Waals surface area contributed by atoms with Gasteiger partial charge in [-0.05, 0) is 16.7 Å². The van der Waals surface area contributed by atoms with E-state index in [1.54, 1.807) is 24.3 Å². The molecule has 0 saturated carbocycles. The minimum atomic E-state index is -4.14. The summed E-state index contributed by atoms with van der Waals surface area (Å²) in [6.45, 7) is -0.0419. The van der Waals surface area contributed by atoms with Crippen LogP contribution in [0, 0.1) is 0 Å². The summed E-state index contributed by atoms with van der Waals surface area (Å²) in [5, 5.41) is 0. The molecule has 3 aromatic carbocycles. The molecule has 3 atom stereocenters. The predicted octanol–water partition coefficient (Wildman–Crippen LogP) is 5.48. The van der Waals surface area contributed by atoms with E-state index in [1.807, 2.05) is 66.7 Å². The number of hydrogen-bond acceptors (Lipinski definition) is 7. The van der Waals surface area contributed by atoms with Gasteiger partial charge in [0.15, 0.2) is 6.10 Å². The molecule has 0 aromatic heterocycles. The molecule has 1 aliphatic heterocycles. The smallest absolute Gasteiger partial charge is 0.412 e. The summed E-state index contributed by atoms with van der Waals surface area (Å²) in [6.07, 6.45) is -1.73. The molecule has 182 valence electrons. The molecule has 0 bridgehead atoms. The second kappa shape index (κ2) is 10.9. The fourth-order valence-corrected chi connectivity index (χ4v) is 5.51. The van der Waals surface area contributed by atoms with E-state index < -0.39 is 37.6 Å². The van der Waals surface area contributed by atoms with E-state index in [2.05, 4.69) is 0 Å². The van der Waals surface area contributed by atoms with Crippen LogP contribution in [0.2, 0.25) is 0 Å². The Labute approximate surface area is 203 Å². The number of rotatable bonds is 7. The highest BCUT2D eigenvalue weighted by Crippen LogP contribution is 2.58. The summed E-state index contributed by atoms with van der Waals surface area (Å²) in [5.41, 5.74) is 2.09. The summed E-state index contributed by atoms with van der Waals surface area (Å²) in [6, 6.07) is 26.4. The molecule has 1 saturated heterocycles. The monoisotopic (exact) mass is 495 g/mol. The lowest BCUT2D eigenvalue weighted by Gasteiger charge is -2.45. The van der Waals surface area contributed by atoms with Crippen molar-refractivity contribution in [3.05, 3.63) is 108 Å². The molecular weight excluding hydrogens is 469 g/mol. The summed E-state index contributed by atoms with van der Waals surface area (Å²) in [4.78, 5) is 28.1. The minimum absolute atomic E-state index is 0.0419. The number of esters is 1. The molecule has 1 aliphatic rings. The van der Waals surface area contributed by atoms with E-state index in [4.69, 9.17) is 18.5 Å². The molecule has 9 heteroatoms. The molecule has 1 heterocycles. The Balaban J connectivity index is 1.82. The zero-order chi connectivity index (χ0) is 24.8. The van der Waals surface area contributed by atoms with E-state index in [0.29, 0.717) is 11.1 Å². The van der Waals surface area contributed by atoms with Crippen LogP contribution >= 0.6 is 7.60 Å². The minimum Gasteiger partial charge on any atom is -0.453 e. The van der Waals surface area contributed by atoms with Gasteiger partial charge in [0.1, 0.15) is 12.6 Å². The zero-order valence-corrected chi connectivity index (χ0v) is 20.2. The quantitative estimate of drug-likeness (QED) is 0.317. The van der Waals surface area contributed by atoms with E-state index in [9.17, 15) is 14.2 Å². The molecule has 4 rings (SSSR count). The summed E-state index contributed by atoms with van der Waals surface area (Å²) in [7, 11) is -1.83. The van der Waals surface area contributed by atoms with Gasteiger partial charge in [0.25, 0.3) is 0 Å². The first kappa shape index (κ1) is 24.7. The molecule has 0 spiro atoms. The van der Waals surface area contributed by atoms with Crippen LogP contribution < -0.4 is 0 Å². The van der Waals surface area contributed by atoms with Crippen molar-refractivity contribution in [2.24, 2.45) is 0 Å². The number of carbonyl (C=O) groups is 2. The largest absolute Gasteiger partial charge is 0.453 e. The van der Waals surface area contributed by atoms with Crippen molar-refractivity contribution in [2.45, 2.75) is 24.5 Å². The number of nitrogens with zero attached hydrogens (tertiary/aromatic N) is 1. The van der Waals surface area contributed by atoms with Crippen LogP contribution in [-0.4, -0.2) is 37.0 Å². The Morgan fingerprint density at radius 2 is 1.37 bits per heavy atom. The molecule has 35 heavy (non-hydrogen) atoms. The van der Waals surface area contributed by atoms with E-state index in [0.717, 1.165) is 24.7 Å². The van der Waals surface area contributed by atoms with Crippen molar-refractivity contribution < 1.29 is 32.7 Å². The lowest BCUT2D eigenvalue weighted by atomic mass is 9.93. The molecule has 0 aliphatic carbocycles. The fraction of sp³-hybridized carbons (Fsp3) is 0.231. The standard InChI is InChI=1S/C26H26NO7P/c1-31-35(30,32-2)24-25(28)34-23(21-16-10-5-11-17-21)22(20-14-8-4-9-15-20)27(24)26(29)33-18-19-12-6-3-7-13-19/h3-17,22-24H,18H2,1-2H3. The lowest BCUT2D eigenvalue weighted by Crippen LogP contribution is -2.54. The highest BCUT2D eigenvalue weighted by Gasteiger charge is 2.57. The van der Waals surface area contributed by atoms with Gasteiger partial charge in [0.05, 0.1) is 0 Å². The van der Waals surface area contributed by atoms with E-state index in [-0.39, 0.29) is 6.61 Å². The number of morpholine rings is 1. The fourth-order valence-electron chi connectivity index (χ4n) is 4.10. The molecule has 8 nitrogen and oxygen atoms in total. The van der Waals surface area contributed by atoms with Gasteiger partial charge in [-0.25, -0.2) is 9.59 Å². The number of cyclic esters (lactones) is 1. The van der Waals surface area contributed by atoms with Crippen LogP contribution in [0.25, 0.3) is 0 Å². The molecule has 1 amide bonds. The van der Waals surface area contributed by atoms with Gasteiger partial charge in [-0.15, -0.1) is 0 Å². The number of ether oxygens (including phenoxy) is 2. The Morgan fingerprint density at radius 1 is 0.857 bits per heavy atom. The van der Waals surface area contributed by atoms with Crippen LogP contribution in [0.5, 0.6) is 0 Å². The molecular formula is C26H26NO7P. The first-order chi connectivity index (χ1) is 17.0. The normalized spacial score (nSPS) is 20.2. The van der Waals surface area contributed by atoms with Crippen LogP contribution in [0.1, 0.15) is 28.8 Å². The summed E-state index contributed by atoms with van der Waals surface area (Å²) >= 11 is 0. The zero-order valence-electron chi connectivity index (χ0n) is 19.4. The molecule has 1 fully saturated rings. The van der Waals surface area contributed by atoms with Crippen LogP contribution in [-0.2, 0) is 34.5 Å². The van der Waals surface area contributed by atoms with Crippen molar-refractivity contribution in [1.82, 2.24) is 4.90 Å². The van der Waals surface area contributed by atoms with Gasteiger partial charge < -0.3 is 18.5 Å². The van der Waals surface area contributed by atoms with Gasteiger partial charge in [0.2, 0.25) is 5.78 Å². The number of amides is 1. The van der Waals surface area contributed by atoms with Crippen LogP contribution in [0.3, 0.4) is 0 Å². The Kier molecular flexibility index (Phi) is 7.66. The molecule has 0 N–H and O–H groups in total. The summed E-state index contributed by atoms with van der Waals surface area (Å²) < 4.78 is 35.3. The average molecular weight is 495 g/mol. The Bertz CT molecular complexity index is 1180. The maximum absolute atomic E-state index is 13.6. The highest BCUT2D eigenvalue weighted by atomic mass is 31.2. The van der Waals surface area contributed by atoms with Gasteiger partial charge in [-0.1, -0.05) is 91.0 Å². The number of hydrogen-bond donors (Lipinski definition) is 0. The number of benzene rings is 3. The topological polar surface area (TPSA) is 91.4 Å². The predicted molar refractivity (Wildman–Crippen MR) is 128 cm³/mol. The second-order valence-electron chi connectivity index (χ2n) is 7.85. The first-order valence-electron chi connectivity index (χ1n) is 11.0. The maximum Gasteiger partial charge on any atom is 0.412 e. The molecule has 3 unspecified atom stereocenters. The van der Waals surface area contributed by atoms with Gasteiger partial charge in [0, 0.05) is 14.2 Å². The van der Waals surface area contributed by atoms with Gasteiger partial charge in [-0.3, -0.25) is 9.46 Å². The van der Waals surface area contributed by atoms with Crippen molar-refractivity contribution in [3.8, 4) is 0 Å². The Hall–Kier alpha value is -3.45. The third kappa shape index (κ3) is 5.15. The third-order valence-corrected chi connectivity index (χ3v) is 7.87. The first-order valence-corrected chi connectivity index (χ1v) is 12.6. The maximum atomic E-state index is 13.6.